The zero-order valence-electron chi connectivity index (χ0n) is 16.1. The molecule has 8 heteroatoms. The van der Waals surface area contributed by atoms with E-state index in [0.717, 1.165) is 5.56 Å². The molecule has 0 radical (unpaired) electrons. The second kappa shape index (κ2) is 8.12. The summed E-state index contributed by atoms with van der Waals surface area (Å²) in [5.74, 6) is -0.432. The van der Waals surface area contributed by atoms with E-state index >= 15 is 0 Å². The number of aromatic amines is 1. The highest BCUT2D eigenvalue weighted by Crippen LogP contribution is 2.44. The van der Waals surface area contributed by atoms with Crippen molar-refractivity contribution < 1.29 is 19.0 Å². The molecular formula is C20H24N2O6. The van der Waals surface area contributed by atoms with Crippen LogP contribution >= 0.6 is 0 Å². The minimum Gasteiger partial charge on any atom is -0.469 e. The molecule has 2 heterocycles. The number of benzene rings is 1. The molecule has 1 aromatic carbocycles. The number of methoxy groups -OCH3 is 1. The minimum absolute atomic E-state index is 0.161. The number of hydrogen-bond donors (Lipinski definition) is 1. The third-order valence-electron chi connectivity index (χ3n) is 5.12. The van der Waals surface area contributed by atoms with Crippen molar-refractivity contribution in [2.45, 2.75) is 39.2 Å². The van der Waals surface area contributed by atoms with Gasteiger partial charge in [0.2, 0.25) is 0 Å². The number of nitrogens with one attached hydrogen (secondary N) is 1. The monoisotopic (exact) mass is 388 g/mol. The Morgan fingerprint density at radius 1 is 1.32 bits per heavy atom. The summed E-state index contributed by atoms with van der Waals surface area (Å²) in [6.07, 6.45) is -1.09. The largest absolute Gasteiger partial charge is 0.469 e. The van der Waals surface area contributed by atoms with E-state index in [1.807, 2.05) is 30.3 Å². The third-order valence-corrected chi connectivity index (χ3v) is 5.12. The van der Waals surface area contributed by atoms with Gasteiger partial charge in [-0.2, -0.15) is 0 Å². The van der Waals surface area contributed by atoms with E-state index in [4.69, 9.17) is 14.2 Å². The Hall–Kier alpha value is -2.71. The van der Waals surface area contributed by atoms with E-state index in [1.54, 1.807) is 13.8 Å². The molecule has 0 bridgehead atoms. The number of hydrogen-bond acceptors (Lipinski definition) is 6. The lowest BCUT2D eigenvalue weighted by Gasteiger charge is -2.26. The molecule has 1 fully saturated rings. The van der Waals surface area contributed by atoms with Crippen LogP contribution in [0.15, 0.2) is 46.0 Å². The molecule has 0 aliphatic carbocycles. The molecule has 8 nitrogen and oxygen atoms in total. The Morgan fingerprint density at radius 2 is 2.04 bits per heavy atom. The van der Waals surface area contributed by atoms with Crippen molar-refractivity contribution in [2.75, 3.05) is 13.7 Å². The van der Waals surface area contributed by atoms with Gasteiger partial charge in [-0.1, -0.05) is 30.3 Å². The number of nitrogens with zero attached hydrogens (tertiary/aromatic N) is 1. The van der Waals surface area contributed by atoms with Crippen molar-refractivity contribution in [3.05, 3.63) is 68.5 Å². The SMILES string of the molecule is COC(=O)C1(C)CC(n2c(C)cc(=O)[nH]c2=O)OC1COCc1ccccc1. The molecule has 1 saturated heterocycles. The van der Waals surface area contributed by atoms with Crippen molar-refractivity contribution in [3.63, 3.8) is 0 Å². The lowest BCUT2D eigenvalue weighted by Crippen LogP contribution is -2.39. The van der Waals surface area contributed by atoms with E-state index in [2.05, 4.69) is 4.98 Å². The number of aromatic nitrogens is 2. The van der Waals surface area contributed by atoms with E-state index in [0.29, 0.717) is 12.3 Å². The first kappa shape index (κ1) is 20.0. The molecule has 3 rings (SSSR count). The summed E-state index contributed by atoms with van der Waals surface area (Å²) in [4.78, 5) is 38.5. The fourth-order valence-electron chi connectivity index (χ4n) is 3.54. The molecule has 1 aliphatic heterocycles. The Labute approximate surface area is 162 Å². The second-order valence-corrected chi connectivity index (χ2v) is 7.14. The maximum atomic E-state index is 12.5. The number of ether oxygens (including phenoxy) is 3. The van der Waals surface area contributed by atoms with Gasteiger partial charge in [0.05, 0.1) is 31.8 Å². The Balaban J connectivity index is 1.81. The molecule has 28 heavy (non-hydrogen) atoms. The van der Waals surface area contributed by atoms with E-state index < -0.39 is 35.0 Å². The van der Waals surface area contributed by atoms with Crippen LogP contribution in [0.3, 0.4) is 0 Å². The molecule has 3 atom stereocenters. The smallest absolute Gasteiger partial charge is 0.330 e. The molecule has 2 aromatic rings. The molecule has 1 N–H and O–H groups in total. The normalized spacial score (nSPS) is 24.2. The summed E-state index contributed by atoms with van der Waals surface area (Å²) in [6, 6.07) is 11.0. The van der Waals surface area contributed by atoms with E-state index in [-0.39, 0.29) is 13.0 Å². The van der Waals surface area contributed by atoms with Gasteiger partial charge in [-0.25, -0.2) is 4.79 Å². The first-order chi connectivity index (χ1) is 13.3. The number of carbonyl (C=O) groups excluding carboxylic acids is 1. The molecule has 150 valence electrons. The Kier molecular flexibility index (Phi) is 5.81. The summed E-state index contributed by atoms with van der Waals surface area (Å²) >= 11 is 0. The van der Waals surface area contributed by atoms with Gasteiger partial charge in [-0.05, 0) is 19.4 Å². The van der Waals surface area contributed by atoms with Crippen molar-refractivity contribution in [3.8, 4) is 0 Å². The highest BCUT2D eigenvalue weighted by Gasteiger charge is 2.52. The van der Waals surface area contributed by atoms with Crippen LogP contribution in [-0.4, -0.2) is 35.3 Å². The van der Waals surface area contributed by atoms with E-state index in [1.165, 1.54) is 17.7 Å². The lowest BCUT2D eigenvalue weighted by atomic mass is 9.83. The average Bonchev–Trinajstić information content (AvgIpc) is 2.98. The quantitative estimate of drug-likeness (QED) is 0.754. The van der Waals surface area contributed by atoms with Crippen LogP contribution in [0.5, 0.6) is 0 Å². The van der Waals surface area contributed by atoms with Crippen LogP contribution in [0.25, 0.3) is 0 Å². The van der Waals surface area contributed by atoms with Gasteiger partial charge in [0, 0.05) is 18.2 Å². The summed E-state index contributed by atoms with van der Waals surface area (Å²) in [5, 5.41) is 0. The van der Waals surface area contributed by atoms with E-state index in [9.17, 15) is 14.4 Å². The minimum atomic E-state index is -0.988. The molecule has 0 saturated carbocycles. The maximum absolute atomic E-state index is 12.5. The topological polar surface area (TPSA) is 99.6 Å². The van der Waals surface area contributed by atoms with Gasteiger partial charge in [0.25, 0.3) is 5.56 Å². The predicted molar refractivity (Wildman–Crippen MR) is 101 cm³/mol. The van der Waals surface area contributed by atoms with Gasteiger partial charge in [-0.3, -0.25) is 19.1 Å². The van der Waals surface area contributed by atoms with Gasteiger partial charge < -0.3 is 14.2 Å². The van der Waals surface area contributed by atoms with Crippen molar-refractivity contribution in [1.29, 1.82) is 0 Å². The van der Waals surface area contributed by atoms with Crippen LogP contribution in [-0.2, 0) is 25.6 Å². The van der Waals surface area contributed by atoms with Crippen LogP contribution in [0.4, 0.5) is 0 Å². The third kappa shape index (κ3) is 3.93. The Morgan fingerprint density at radius 3 is 2.68 bits per heavy atom. The van der Waals surface area contributed by atoms with Crippen molar-refractivity contribution in [1.82, 2.24) is 9.55 Å². The summed E-state index contributed by atoms with van der Waals surface area (Å²) < 4.78 is 18.1. The highest BCUT2D eigenvalue weighted by atomic mass is 16.6. The first-order valence-electron chi connectivity index (χ1n) is 9.03. The fourth-order valence-corrected chi connectivity index (χ4v) is 3.54. The van der Waals surface area contributed by atoms with Crippen LogP contribution in [0, 0.1) is 12.3 Å². The highest BCUT2D eigenvalue weighted by molar-refractivity contribution is 5.77. The number of rotatable bonds is 6. The molecule has 0 spiro atoms. The maximum Gasteiger partial charge on any atom is 0.330 e. The van der Waals surface area contributed by atoms with Crippen molar-refractivity contribution >= 4 is 5.97 Å². The van der Waals surface area contributed by atoms with Crippen LogP contribution < -0.4 is 11.2 Å². The fraction of sp³-hybridized carbons (Fsp3) is 0.450. The molecule has 0 amide bonds. The standard InChI is InChI=1S/C20H24N2O6/c1-13-9-16(23)21-19(25)22(13)17-10-20(2,18(24)26-3)15(28-17)12-27-11-14-7-5-4-6-8-14/h4-9,15,17H,10-12H2,1-3H3,(H,21,23,25). The van der Waals surface area contributed by atoms with Gasteiger partial charge >= 0.3 is 11.7 Å². The Bertz CT molecular complexity index is 951. The first-order valence-corrected chi connectivity index (χ1v) is 9.03. The number of H-pyrrole nitrogens is 1. The van der Waals surface area contributed by atoms with Gasteiger partial charge in [0.15, 0.2) is 0 Å². The molecule has 1 aromatic heterocycles. The summed E-state index contributed by atoms with van der Waals surface area (Å²) in [7, 11) is 1.32. The number of aryl methyl sites for hydroxylation is 1. The average molecular weight is 388 g/mol. The second-order valence-electron chi connectivity index (χ2n) is 7.14. The zero-order chi connectivity index (χ0) is 20.3. The number of carbonyl (C=O) groups is 1. The van der Waals surface area contributed by atoms with Crippen LogP contribution in [0.1, 0.15) is 30.8 Å². The lowest BCUT2D eigenvalue weighted by molar-refractivity contribution is -0.157. The zero-order valence-corrected chi connectivity index (χ0v) is 16.1. The van der Waals surface area contributed by atoms with Gasteiger partial charge in [0.1, 0.15) is 6.23 Å². The predicted octanol–water partition coefficient (Wildman–Crippen LogP) is 1.53. The van der Waals surface area contributed by atoms with Crippen LogP contribution in [0.2, 0.25) is 0 Å². The summed E-state index contributed by atoms with van der Waals surface area (Å²) in [5.41, 5.74) is -0.581. The van der Waals surface area contributed by atoms with Gasteiger partial charge in [-0.15, -0.1) is 0 Å². The van der Waals surface area contributed by atoms with Crippen molar-refractivity contribution in [2.24, 2.45) is 5.41 Å². The summed E-state index contributed by atoms with van der Waals surface area (Å²) in [6.45, 7) is 3.92. The molecule has 3 unspecified atom stereocenters. The number of esters is 1. The molecule has 1 aliphatic rings. The molecular weight excluding hydrogens is 364 g/mol.